The Bertz CT molecular complexity index is 2060. The molecule has 0 saturated carbocycles. The third-order valence-corrected chi connectivity index (χ3v) is 11.1. The molecule has 0 unspecified atom stereocenters. The van der Waals surface area contributed by atoms with Crippen molar-refractivity contribution in [3.8, 4) is 17.2 Å². The minimum Gasteiger partial charge on any atom is -0.504 e. The van der Waals surface area contributed by atoms with Gasteiger partial charge in [-0.2, -0.15) is 0 Å². The average Bonchev–Trinajstić information content (AvgIpc) is 3.42. The number of methoxy groups -OCH3 is 1. The summed E-state index contributed by atoms with van der Waals surface area (Å²) in [7, 11) is -1.42. The Hall–Kier alpha value is -4.40. The molecule has 53 heavy (non-hydrogen) atoms. The molecule has 0 bridgehead atoms. The van der Waals surface area contributed by atoms with Crippen LogP contribution in [0.5, 0.6) is 17.2 Å². The molecule has 2 fully saturated rings. The van der Waals surface area contributed by atoms with E-state index in [9.17, 15) is 29.8 Å². The first-order chi connectivity index (χ1) is 25.6. The fourth-order valence-electron chi connectivity index (χ4n) is 7.94. The van der Waals surface area contributed by atoms with E-state index in [1.807, 2.05) is 66.7 Å². The molecule has 2 aliphatic heterocycles. The Morgan fingerprint density at radius 3 is 2.43 bits per heavy atom. The van der Waals surface area contributed by atoms with Gasteiger partial charge in [0.15, 0.2) is 11.5 Å². The van der Waals surface area contributed by atoms with Gasteiger partial charge < -0.3 is 34.3 Å². The second kappa shape index (κ2) is 15.9. The molecule has 0 radical (unpaired) electrons. The number of fused-ring (bicyclic) bond motifs is 3. The number of benzene rings is 4. The lowest BCUT2D eigenvalue weighted by molar-refractivity contribution is -0.122. The predicted molar refractivity (Wildman–Crippen MR) is 211 cm³/mol. The van der Waals surface area contributed by atoms with Gasteiger partial charge in [-0.1, -0.05) is 66.7 Å². The fraction of sp³-hybridized carbons (Fsp3) is 0.250. The van der Waals surface area contributed by atoms with Gasteiger partial charge in [-0.05, 0) is 124 Å². The van der Waals surface area contributed by atoms with Crippen LogP contribution in [0, 0.1) is 21.3 Å². The van der Waals surface area contributed by atoms with Gasteiger partial charge in [-0.25, -0.2) is 0 Å². The summed E-state index contributed by atoms with van der Waals surface area (Å²) in [5.74, 6) is -1.57. The van der Waals surface area contributed by atoms with E-state index in [2.05, 4.69) is 28.7 Å². The number of hydrogen-bond donors (Lipinski definition) is 4. The van der Waals surface area contributed by atoms with Gasteiger partial charge >= 0.3 is 14.2 Å². The van der Waals surface area contributed by atoms with Crippen LogP contribution in [-0.4, -0.2) is 66.1 Å². The van der Waals surface area contributed by atoms with Gasteiger partial charge in [-0.3, -0.25) is 14.5 Å². The maximum atomic E-state index is 14.3. The summed E-state index contributed by atoms with van der Waals surface area (Å²) in [6.45, 7) is 0.176. The number of carbonyl (C=O) groups excluding carboxylic acids is 2. The zero-order valence-corrected chi connectivity index (χ0v) is 31.1. The van der Waals surface area contributed by atoms with Gasteiger partial charge in [0.25, 0.3) is 0 Å². The number of amides is 2. The molecular formula is C40H38B2INO9. The second-order valence-electron chi connectivity index (χ2n) is 13.5. The van der Waals surface area contributed by atoms with Crippen molar-refractivity contribution in [2.24, 2.45) is 17.8 Å². The topological polar surface area (TPSA) is 146 Å². The molecule has 4 N–H and O–H groups in total. The molecule has 2 saturated heterocycles. The molecule has 10 nitrogen and oxygen atoms in total. The highest BCUT2D eigenvalue weighted by Crippen LogP contribution is 2.51. The SMILES string of the molecule is COc1cc(/C=C(/CC[C@H]2OB(O)C[C@H]3C2=C(COc2ccccc2)C[C@H]2C(=O)N(c4cccc(B(O)O)c4)C(=O)[C@H]23)c2ccccc2)cc(I)c1O. The van der Waals surface area contributed by atoms with E-state index < -0.39 is 38.1 Å². The highest BCUT2D eigenvalue weighted by atomic mass is 127. The van der Waals surface area contributed by atoms with Gasteiger partial charge in [0.05, 0.1) is 34.3 Å². The number of allylic oxidation sites excluding steroid dienone is 1. The maximum Gasteiger partial charge on any atom is 0.488 e. The van der Waals surface area contributed by atoms with Crippen LogP contribution in [0.1, 0.15) is 30.4 Å². The summed E-state index contributed by atoms with van der Waals surface area (Å²) >= 11 is 2.08. The van der Waals surface area contributed by atoms with Crippen molar-refractivity contribution in [2.45, 2.75) is 31.7 Å². The van der Waals surface area contributed by atoms with Crippen LogP contribution in [0.4, 0.5) is 5.69 Å². The number of imide groups is 1. The van der Waals surface area contributed by atoms with Crippen molar-refractivity contribution < 1.29 is 43.9 Å². The standard InChI is InChI=1S/C40H38B2INO9/c1-51-35-19-24(18-33(43)38(35)45)17-26(25-9-4-2-5-10-25)15-16-34-36-27(23-52-30-13-6-3-7-14-30)20-31-37(32(36)22-41(48)53-34)40(47)44(39(31)46)29-12-8-11-28(21-29)42(49)50/h2-14,17-19,21,31-32,34,37,45,48-50H,15-16,20,22-23H2,1H3/b26-17-/t31-,32+,34-,37-/m1/s1. The fourth-order valence-corrected chi connectivity index (χ4v) is 8.56. The quantitative estimate of drug-likeness (QED) is 0.0535. The van der Waals surface area contributed by atoms with Crippen LogP contribution in [-0.2, 0) is 14.2 Å². The second-order valence-corrected chi connectivity index (χ2v) is 14.7. The molecule has 7 rings (SSSR count). The molecule has 0 spiro atoms. The summed E-state index contributed by atoms with van der Waals surface area (Å²) in [6.07, 6.45) is 2.88. The number of ether oxygens (including phenoxy) is 2. The Morgan fingerprint density at radius 1 is 0.981 bits per heavy atom. The van der Waals surface area contributed by atoms with Crippen LogP contribution in [0.2, 0.25) is 6.32 Å². The maximum absolute atomic E-state index is 14.3. The molecule has 4 aromatic rings. The van der Waals surface area contributed by atoms with Crippen molar-refractivity contribution in [2.75, 3.05) is 18.6 Å². The third kappa shape index (κ3) is 7.67. The number of nitrogens with zero attached hydrogens (tertiary/aromatic N) is 1. The lowest BCUT2D eigenvalue weighted by atomic mass is 9.58. The average molecular weight is 825 g/mol. The smallest absolute Gasteiger partial charge is 0.488 e. The minimum absolute atomic E-state index is 0.0761. The van der Waals surface area contributed by atoms with Crippen LogP contribution in [0.25, 0.3) is 11.6 Å². The highest BCUT2D eigenvalue weighted by Gasteiger charge is 2.57. The van der Waals surface area contributed by atoms with Crippen molar-refractivity contribution in [1.29, 1.82) is 0 Å². The van der Waals surface area contributed by atoms with E-state index in [1.54, 1.807) is 18.2 Å². The van der Waals surface area contributed by atoms with E-state index in [-0.39, 0.29) is 48.1 Å². The molecule has 2 heterocycles. The summed E-state index contributed by atoms with van der Waals surface area (Å²) in [5, 5.41) is 41.3. The molecule has 3 aliphatic rings. The first-order valence-corrected chi connectivity index (χ1v) is 18.6. The number of anilines is 1. The number of phenols is 1. The van der Waals surface area contributed by atoms with E-state index in [1.165, 1.54) is 19.2 Å². The summed E-state index contributed by atoms with van der Waals surface area (Å²) in [4.78, 5) is 29.6. The minimum atomic E-state index is -1.76. The molecule has 0 aromatic heterocycles. The molecule has 13 heteroatoms. The van der Waals surface area contributed by atoms with Crippen LogP contribution < -0.4 is 19.8 Å². The van der Waals surface area contributed by atoms with Crippen molar-refractivity contribution >= 4 is 71.4 Å². The molecule has 1 aliphatic carbocycles. The lowest BCUT2D eigenvalue weighted by Crippen LogP contribution is -2.46. The Balaban J connectivity index is 1.25. The molecule has 4 atom stereocenters. The zero-order valence-electron chi connectivity index (χ0n) is 29.0. The lowest BCUT2D eigenvalue weighted by Gasteiger charge is -2.43. The number of halogens is 1. The Labute approximate surface area is 322 Å². The summed E-state index contributed by atoms with van der Waals surface area (Å²) < 4.78 is 18.6. The van der Waals surface area contributed by atoms with Gasteiger partial charge in [0.2, 0.25) is 11.8 Å². The largest absolute Gasteiger partial charge is 0.504 e. The summed E-state index contributed by atoms with van der Waals surface area (Å²) in [5.41, 5.74) is 5.01. The van der Waals surface area contributed by atoms with Gasteiger partial charge in [0.1, 0.15) is 12.4 Å². The summed E-state index contributed by atoms with van der Waals surface area (Å²) in [6, 6.07) is 29.1. The normalized spacial score (nSPS) is 21.4. The van der Waals surface area contributed by atoms with E-state index >= 15 is 0 Å². The zero-order chi connectivity index (χ0) is 37.2. The van der Waals surface area contributed by atoms with E-state index in [4.69, 9.17) is 14.1 Å². The monoisotopic (exact) mass is 825 g/mol. The van der Waals surface area contributed by atoms with Crippen molar-refractivity contribution in [1.82, 2.24) is 0 Å². The van der Waals surface area contributed by atoms with Gasteiger partial charge in [0, 0.05) is 0 Å². The molecule has 4 aromatic carbocycles. The van der Waals surface area contributed by atoms with Crippen LogP contribution >= 0.6 is 22.6 Å². The van der Waals surface area contributed by atoms with Crippen molar-refractivity contribution in [3.05, 3.63) is 123 Å². The highest BCUT2D eigenvalue weighted by molar-refractivity contribution is 14.1. The van der Waals surface area contributed by atoms with Crippen LogP contribution in [0.15, 0.2) is 108 Å². The van der Waals surface area contributed by atoms with Crippen molar-refractivity contribution in [3.63, 3.8) is 0 Å². The molecule has 270 valence electrons. The number of hydrogen-bond acceptors (Lipinski definition) is 9. The van der Waals surface area contributed by atoms with E-state index in [0.29, 0.717) is 27.9 Å². The van der Waals surface area contributed by atoms with E-state index in [0.717, 1.165) is 32.7 Å². The Morgan fingerprint density at radius 2 is 1.72 bits per heavy atom. The number of phenolic OH excluding ortho intramolecular Hbond substituents is 1. The molecular weight excluding hydrogens is 787 g/mol. The first-order valence-electron chi connectivity index (χ1n) is 17.5. The van der Waals surface area contributed by atoms with Gasteiger partial charge in [-0.15, -0.1) is 0 Å². The molecule has 2 amide bonds. The number of para-hydroxylation sites is 1. The Kier molecular flexibility index (Phi) is 11.1. The third-order valence-electron chi connectivity index (χ3n) is 10.3. The predicted octanol–water partition coefficient (Wildman–Crippen LogP) is 5.09. The number of carbonyl (C=O) groups is 2. The first kappa shape index (κ1) is 36.9. The number of aromatic hydroxyl groups is 1. The number of rotatable bonds is 11. The van der Waals surface area contributed by atoms with Crippen LogP contribution in [0.3, 0.4) is 0 Å².